The molecule has 2 aromatic heterocycles. The van der Waals surface area contributed by atoms with Crippen molar-refractivity contribution in [1.82, 2.24) is 15.0 Å². The Hall–Kier alpha value is -3.48. The molecule has 1 aliphatic heterocycles. The Labute approximate surface area is 202 Å². The second-order valence-corrected chi connectivity index (χ2v) is 8.96. The molecule has 10 heteroatoms. The number of nitriles is 1. The first-order chi connectivity index (χ1) is 16.2. The number of pyridine rings is 1. The topological polar surface area (TPSA) is 124 Å². The Bertz CT molecular complexity index is 1310. The van der Waals surface area contributed by atoms with E-state index >= 15 is 0 Å². The van der Waals surface area contributed by atoms with E-state index in [9.17, 15) is 15.2 Å². The number of hydrogen-bond donors (Lipinski definition) is 2. The van der Waals surface area contributed by atoms with Gasteiger partial charge in [0.2, 0.25) is 0 Å². The minimum absolute atomic E-state index is 0.00478. The summed E-state index contributed by atoms with van der Waals surface area (Å²) in [6, 6.07) is 8.91. The summed E-state index contributed by atoms with van der Waals surface area (Å²) in [7, 11) is 0. The number of carbonyl (C=O) groups is 1. The van der Waals surface area contributed by atoms with Gasteiger partial charge in [-0.1, -0.05) is 17.7 Å². The lowest BCUT2D eigenvalue weighted by Crippen LogP contribution is -2.48. The van der Waals surface area contributed by atoms with Gasteiger partial charge in [-0.3, -0.25) is 0 Å². The zero-order valence-corrected chi connectivity index (χ0v) is 20.1. The fourth-order valence-corrected chi connectivity index (χ4v) is 4.30. The monoisotopic (exact) mass is 480 g/mol. The van der Waals surface area contributed by atoms with Crippen molar-refractivity contribution in [3.05, 3.63) is 51.9 Å². The Morgan fingerprint density at radius 3 is 2.79 bits per heavy atom. The second kappa shape index (κ2) is 9.41. The van der Waals surface area contributed by atoms with Gasteiger partial charge in [0.05, 0.1) is 41.5 Å². The zero-order valence-electron chi connectivity index (χ0n) is 19.3. The van der Waals surface area contributed by atoms with Crippen molar-refractivity contribution in [3.8, 4) is 6.07 Å². The third-order valence-corrected chi connectivity index (χ3v) is 6.02. The van der Waals surface area contributed by atoms with Gasteiger partial charge in [0, 0.05) is 12.1 Å². The van der Waals surface area contributed by atoms with Crippen LogP contribution >= 0.6 is 11.6 Å². The summed E-state index contributed by atoms with van der Waals surface area (Å²) >= 11 is 5.89. The first-order valence-electron chi connectivity index (χ1n) is 10.9. The molecule has 2 N–H and O–H groups in total. The van der Waals surface area contributed by atoms with E-state index in [4.69, 9.17) is 21.3 Å². The van der Waals surface area contributed by atoms with Gasteiger partial charge in [-0.25, -0.2) is 19.7 Å². The molecule has 0 bridgehead atoms. The lowest BCUT2D eigenvalue weighted by molar-refractivity contribution is 0.0340. The van der Waals surface area contributed by atoms with Crippen molar-refractivity contribution in [1.29, 1.82) is 5.26 Å². The number of aromatic nitrogens is 3. The van der Waals surface area contributed by atoms with Gasteiger partial charge in [0.25, 0.3) is 0 Å². The molecule has 1 aliphatic rings. The Balaban J connectivity index is 1.82. The van der Waals surface area contributed by atoms with E-state index in [1.165, 1.54) is 6.07 Å². The number of carboxylic acids is 1. The van der Waals surface area contributed by atoms with E-state index in [0.29, 0.717) is 35.7 Å². The molecule has 3 heterocycles. The quantitative estimate of drug-likeness (QED) is 0.513. The number of benzene rings is 1. The van der Waals surface area contributed by atoms with E-state index in [-0.39, 0.29) is 34.7 Å². The molecular formula is C24H25ClN6O3. The minimum Gasteiger partial charge on any atom is -0.476 e. The van der Waals surface area contributed by atoms with E-state index in [2.05, 4.69) is 26.3 Å². The molecule has 4 rings (SSSR count). The number of nitrogens with one attached hydrogen (secondary N) is 1. The van der Waals surface area contributed by atoms with Gasteiger partial charge in [0.15, 0.2) is 17.2 Å². The number of hydrogen-bond acceptors (Lipinski definition) is 8. The molecule has 0 saturated carbocycles. The normalized spacial score (nSPS) is 19.0. The largest absolute Gasteiger partial charge is 0.476 e. The zero-order chi connectivity index (χ0) is 24.6. The van der Waals surface area contributed by atoms with E-state index in [1.807, 2.05) is 39.8 Å². The molecule has 0 unspecified atom stereocenters. The number of nitrogens with zero attached hydrogens (tertiary/aromatic N) is 5. The first kappa shape index (κ1) is 23.7. The molecule has 176 valence electrons. The molecule has 1 fully saturated rings. The fourth-order valence-electron chi connectivity index (χ4n) is 4.15. The Morgan fingerprint density at radius 2 is 2.09 bits per heavy atom. The van der Waals surface area contributed by atoms with E-state index in [0.717, 1.165) is 11.1 Å². The van der Waals surface area contributed by atoms with E-state index < -0.39 is 5.97 Å². The summed E-state index contributed by atoms with van der Waals surface area (Å²) < 4.78 is 5.74. The van der Waals surface area contributed by atoms with Gasteiger partial charge in [-0.2, -0.15) is 5.26 Å². The van der Waals surface area contributed by atoms with Crippen LogP contribution in [0.3, 0.4) is 0 Å². The van der Waals surface area contributed by atoms with Crippen molar-refractivity contribution >= 4 is 40.1 Å². The predicted molar refractivity (Wildman–Crippen MR) is 129 cm³/mol. The van der Waals surface area contributed by atoms with Crippen LogP contribution in [-0.2, 0) is 4.74 Å². The van der Waals surface area contributed by atoms with Gasteiger partial charge in [-0.05, 0) is 51.5 Å². The SMILES string of the molecule is Cc1cc([C@@H](C)Nc2ccc(Cl)nc2C(=O)O)c2nc(N3C[C@@H](C)OC[C@@H]3C)c(C#N)nc2c1. The standard InChI is InChI=1S/C24H25ClN6O3/c1-12-7-16(15(4)27-17-5-6-20(25)29-22(17)24(32)33)21-18(8-12)28-19(9-26)23(30-21)31-10-14(3)34-11-13(31)2/h5-8,13-15,27H,10-11H2,1-4H3,(H,32,33)/t13-,14+,15+/m0/s1. The maximum atomic E-state index is 11.7. The summed E-state index contributed by atoms with van der Waals surface area (Å²) in [5.74, 6) is -0.656. The van der Waals surface area contributed by atoms with Gasteiger partial charge >= 0.3 is 5.97 Å². The van der Waals surface area contributed by atoms with Crippen LogP contribution < -0.4 is 10.2 Å². The number of rotatable bonds is 5. The Kier molecular flexibility index (Phi) is 6.55. The molecule has 0 amide bonds. The van der Waals surface area contributed by atoms with Crippen molar-refractivity contribution in [3.63, 3.8) is 0 Å². The average Bonchev–Trinajstić information content (AvgIpc) is 2.80. The molecular weight excluding hydrogens is 456 g/mol. The second-order valence-electron chi connectivity index (χ2n) is 8.58. The van der Waals surface area contributed by atoms with Crippen LogP contribution in [0, 0.1) is 18.3 Å². The molecule has 1 saturated heterocycles. The highest BCUT2D eigenvalue weighted by atomic mass is 35.5. The van der Waals surface area contributed by atoms with Crippen molar-refractivity contribution in [2.24, 2.45) is 0 Å². The molecule has 9 nitrogen and oxygen atoms in total. The highest BCUT2D eigenvalue weighted by molar-refractivity contribution is 6.29. The molecule has 0 radical (unpaired) electrons. The number of aromatic carboxylic acids is 1. The van der Waals surface area contributed by atoms with Crippen LogP contribution in [0.4, 0.5) is 11.5 Å². The minimum atomic E-state index is -1.18. The molecule has 1 aromatic carbocycles. The molecule has 3 aromatic rings. The summed E-state index contributed by atoms with van der Waals surface area (Å²) in [6.45, 7) is 9.00. The number of halogens is 1. The van der Waals surface area contributed by atoms with Gasteiger partial charge < -0.3 is 20.1 Å². The van der Waals surface area contributed by atoms with Crippen LogP contribution in [0.15, 0.2) is 24.3 Å². The van der Waals surface area contributed by atoms with Crippen molar-refractivity contribution in [2.75, 3.05) is 23.4 Å². The third-order valence-electron chi connectivity index (χ3n) is 5.81. The summed E-state index contributed by atoms with van der Waals surface area (Å²) in [4.78, 5) is 27.2. The highest BCUT2D eigenvalue weighted by Gasteiger charge is 2.28. The molecule has 0 aliphatic carbocycles. The van der Waals surface area contributed by atoms with Crippen LogP contribution in [-0.4, -0.2) is 51.3 Å². The van der Waals surface area contributed by atoms with Crippen molar-refractivity contribution < 1.29 is 14.6 Å². The summed E-state index contributed by atoms with van der Waals surface area (Å²) in [6.07, 6.45) is 0.00478. The van der Waals surface area contributed by atoms with Crippen LogP contribution in [0.25, 0.3) is 11.0 Å². The van der Waals surface area contributed by atoms with E-state index in [1.54, 1.807) is 6.07 Å². The van der Waals surface area contributed by atoms with Crippen molar-refractivity contribution in [2.45, 2.75) is 45.9 Å². The Morgan fingerprint density at radius 1 is 1.32 bits per heavy atom. The van der Waals surface area contributed by atoms with Gasteiger partial charge in [-0.15, -0.1) is 0 Å². The highest BCUT2D eigenvalue weighted by Crippen LogP contribution is 2.31. The third kappa shape index (κ3) is 4.60. The maximum Gasteiger partial charge on any atom is 0.356 e. The predicted octanol–water partition coefficient (Wildman–Crippen LogP) is 4.34. The number of morpholine rings is 1. The number of ether oxygens (including phenoxy) is 1. The maximum absolute atomic E-state index is 11.7. The molecule has 34 heavy (non-hydrogen) atoms. The number of aryl methyl sites for hydroxylation is 1. The lowest BCUT2D eigenvalue weighted by Gasteiger charge is -2.37. The first-order valence-corrected chi connectivity index (χ1v) is 11.3. The summed E-state index contributed by atoms with van der Waals surface area (Å²) in [5, 5.41) is 22.7. The van der Waals surface area contributed by atoms with Crippen LogP contribution in [0.2, 0.25) is 5.15 Å². The number of fused-ring (bicyclic) bond motifs is 1. The van der Waals surface area contributed by atoms with Crippen LogP contribution in [0.5, 0.6) is 0 Å². The smallest absolute Gasteiger partial charge is 0.356 e. The van der Waals surface area contributed by atoms with Crippen LogP contribution in [0.1, 0.15) is 54.1 Å². The van der Waals surface area contributed by atoms with Gasteiger partial charge in [0.1, 0.15) is 11.2 Å². The number of carboxylic acid groups (broad SMARTS) is 1. The molecule has 0 spiro atoms. The average molecular weight is 481 g/mol. The summed E-state index contributed by atoms with van der Waals surface area (Å²) in [5.41, 5.74) is 3.47. The number of anilines is 2. The lowest BCUT2D eigenvalue weighted by atomic mass is 10.0. The molecule has 3 atom stereocenters. The fraction of sp³-hybridized carbons (Fsp3) is 0.375.